The Morgan fingerprint density at radius 1 is 1.19 bits per heavy atom. The molecule has 2 rings (SSSR count). The van der Waals surface area contributed by atoms with Crippen molar-refractivity contribution in [3.63, 3.8) is 0 Å². The molecule has 0 aliphatic carbocycles. The first-order valence-corrected chi connectivity index (χ1v) is 9.32. The minimum Gasteiger partial charge on any atom is -0.381 e. The molecule has 2 saturated heterocycles. The monoisotopic (exact) mass is 296 g/mol. The van der Waals surface area contributed by atoms with E-state index in [1.165, 1.54) is 64.5 Å². The first-order valence-electron chi connectivity index (χ1n) is 9.32. The molecule has 2 aliphatic rings. The van der Waals surface area contributed by atoms with Crippen LogP contribution >= 0.6 is 0 Å². The maximum absolute atomic E-state index is 5.89. The molecule has 2 heterocycles. The highest BCUT2D eigenvalue weighted by molar-refractivity contribution is 4.90. The summed E-state index contributed by atoms with van der Waals surface area (Å²) in [6, 6.07) is 0.828. The molecule has 0 amide bonds. The third-order valence-electron chi connectivity index (χ3n) is 5.24. The molecule has 3 nitrogen and oxygen atoms in total. The van der Waals surface area contributed by atoms with E-state index < -0.39 is 0 Å². The Balaban J connectivity index is 1.95. The zero-order valence-electron chi connectivity index (χ0n) is 14.3. The fourth-order valence-corrected chi connectivity index (χ4v) is 4.12. The van der Waals surface area contributed by atoms with Gasteiger partial charge in [0.25, 0.3) is 0 Å². The van der Waals surface area contributed by atoms with Gasteiger partial charge in [-0.1, -0.05) is 26.7 Å². The number of hydrogen-bond acceptors (Lipinski definition) is 3. The average Bonchev–Trinajstić information content (AvgIpc) is 2.51. The van der Waals surface area contributed by atoms with E-state index in [4.69, 9.17) is 4.74 Å². The van der Waals surface area contributed by atoms with Gasteiger partial charge in [0.15, 0.2) is 0 Å². The van der Waals surface area contributed by atoms with Crippen molar-refractivity contribution in [1.29, 1.82) is 0 Å². The number of hydrogen-bond donors (Lipinski definition) is 1. The molecule has 124 valence electrons. The van der Waals surface area contributed by atoms with Gasteiger partial charge >= 0.3 is 0 Å². The maximum atomic E-state index is 5.89. The van der Waals surface area contributed by atoms with Crippen molar-refractivity contribution < 1.29 is 4.74 Å². The lowest BCUT2D eigenvalue weighted by Gasteiger charge is -2.45. The van der Waals surface area contributed by atoms with E-state index in [1.807, 2.05) is 0 Å². The van der Waals surface area contributed by atoms with Gasteiger partial charge in [-0.15, -0.1) is 0 Å². The fourth-order valence-electron chi connectivity index (χ4n) is 4.12. The predicted octanol–water partition coefficient (Wildman–Crippen LogP) is 3.44. The van der Waals surface area contributed by atoms with E-state index in [9.17, 15) is 0 Å². The zero-order chi connectivity index (χ0) is 15.0. The SMILES string of the molecule is CCCNCC1(CN2CCCCC2CCC)CCCOC1. The molecule has 0 aromatic carbocycles. The number of nitrogens with one attached hydrogen (secondary N) is 1. The average molecular weight is 296 g/mol. The van der Waals surface area contributed by atoms with Crippen LogP contribution in [-0.2, 0) is 4.74 Å². The van der Waals surface area contributed by atoms with Gasteiger partial charge in [0.2, 0.25) is 0 Å². The summed E-state index contributed by atoms with van der Waals surface area (Å²) in [5.41, 5.74) is 0.358. The van der Waals surface area contributed by atoms with Gasteiger partial charge in [-0.25, -0.2) is 0 Å². The minimum atomic E-state index is 0.358. The number of rotatable bonds is 8. The number of likely N-dealkylation sites (tertiary alicyclic amines) is 1. The van der Waals surface area contributed by atoms with Crippen molar-refractivity contribution in [3.8, 4) is 0 Å². The van der Waals surface area contributed by atoms with Gasteiger partial charge in [0.1, 0.15) is 0 Å². The summed E-state index contributed by atoms with van der Waals surface area (Å²) in [4.78, 5) is 2.80. The van der Waals surface area contributed by atoms with E-state index in [-0.39, 0.29) is 0 Å². The van der Waals surface area contributed by atoms with Gasteiger partial charge < -0.3 is 10.1 Å². The molecule has 3 heteroatoms. The summed E-state index contributed by atoms with van der Waals surface area (Å²) in [6.45, 7) is 11.3. The van der Waals surface area contributed by atoms with Crippen molar-refractivity contribution in [1.82, 2.24) is 10.2 Å². The van der Waals surface area contributed by atoms with Crippen LogP contribution in [0.15, 0.2) is 0 Å². The standard InChI is InChI=1S/C18H36N2O/c1-3-8-17-9-5-6-12-20(17)15-18(14-19-11-4-2)10-7-13-21-16-18/h17,19H,3-16H2,1-2H3. The van der Waals surface area contributed by atoms with Crippen LogP contribution in [-0.4, -0.2) is 50.3 Å². The van der Waals surface area contributed by atoms with E-state index in [2.05, 4.69) is 24.1 Å². The van der Waals surface area contributed by atoms with Crippen molar-refractivity contribution in [2.24, 2.45) is 5.41 Å². The van der Waals surface area contributed by atoms with Crippen LogP contribution in [0.1, 0.15) is 65.2 Å². The largest absolute Gasteiger partial charge is 0.381 e. The molecule has 2 atom stereocenters. The number of nitrogens with zero attached hydrogens (tertiary/aromatic N) is 1. The summed E-state index contributed by atoms with van der Waals surface area (Å²) in [6.07, 6.45) is 10.7. The Bertz CT molecular complexity index is 274. The lowest BCUT2D eigenvalue weighted by Crippen LogP contribution is -2.52. The summed E-state index contributed by atoms with van der Waals surface area (Å²) in [7, 11) is 0. The third kappa shape index (κ3) is 5.22. The molecule has 0 bridgehead atoms. The Kier molecular flexibility index (Phi) is 7.48. The molecular weight excluding hydrogens is 260 g/mol. The Morgan fingerprint density at radius 3 is 2.81 bits per heavy atom. The topological polar surface area (TPSA) is 24.5 Å². The normalized spacial score (nSPS) is 31.4. The third-order valence-corrected chi connectivity index (χ3v) is 5.24. The number of piperidine rings is 1. The minimum absolute atomic E-state index is 0.358. The quantitative estimate of drug-likeness (QED) is 0.694. The molecule has 2 fully saturated rings. The molecular formula is C18H36N2O. The van der Waals surface area contributed by atoms with Crippen LogP contribution < -0.4 is 5.32 Å². The van der Waals surface area contributed by atoms with Crippen LogP contribution in [0, 0.1) is 5.41 Å². The Labute approximate surface area is 131 Å². The first kappa shape index (κ1) is 17.2. The Hall–Kier alpha value is -0.120. The molecule has 0 aromatic heterocycles. The fraction of sp³-hybridized carbons (Fsp3) is 1.00. The summed E-state index contributed by atoms with van der Waals surface area (Å²) in [5, 5.41) is 3.68. The highest BCUT2D eigenvalue weighted by Gasteiger charge is 2.36. The van der Waals surface area contributed by atoms with Crippen LogP contribution in [0.3, 0.4) is 0 Å². The van der Waals surface area contributed by atoms with Gasteiger partial charge in [-0.05, 0) is 51.6 Å². The van der Waals surface area contributed by atoms with E-state index >= 15 is 0 Å². The molecule has 21 heavy (non-hydrogen) atoms. The summed E-state index contributed by atoms with van der Waals surface area (Å²) in [5.74, 6) is 0. The van der Waals surface area contributed by atoms with E-state index in [1.54, 1.807) is 0 Å². The highest BCUT2D eigenvalue weighted by Crippen LogP contribution is 2.32. The molecule has 0 radical (unpaired) electrons. The second kappa shape index (κ2) is 9.12. The van der Waals surface area contributed by atoms with Crippen molar-refractivity contribution in [2.45, 2.75) is 71.3 Å². The second-order valence-electron chi connectivity index (χ2n) is 7.24. The van der Waals surface area contributed by atoms with Crippen LogP contribution in [0.4, 0.5) is 0 Å². The lowest BCUT2D eigenvalue weighted by atomic mass is 9.80. The molecule has 2 aliphatic heterocycles. The zero-order valence-corrected chi connectivity index (χ0v) is 14.3. The van der Waals surface area contributed by atoms with E-state index in [0.717, 1.165) is 32.3 Å². The van der Waals surface area contributed by atoms with Crippen LogP contribution in [0.25, 0.3) is 0 Å². The Morgan fingerprint density at radius 2 is 2.10 bits per heavy atom. The van der Waals surface area contributed by atoms with Gasteiger partial charge in [-0.2, -0.15) is 0 Å². The van der Waals surface area contributed by atoms with Crippen LogP contribution in [0.2, 0.25) is 0 Å². The van der Waals surface area contributed by atoms with Gasteiger partial charge in [0, 0.05) is 31.2 Å². The summed E-state index contributed by atoms with van der Waals surface area (Å²) < 4.78 is 5.89. The molecule has 1 N–H and O–H groups in total. The van der Waals surface area contributed by atoms with E-state index in [0.29, 0.717) is 5.41 Å². The number of ether oxygens (including phenoxy) is 1. The van der Waals surface area contributed by atoms with Crippen molar-refractivity contribution >= 4 is 0 Å². The highest BCUT2D eigenvalue weighted by atomic mass is 16.5. The lowest BCUT2D eigenvalue weighted by molar-refractivity contribution is -0.0383. The maximum Gasteiger partial charge on any atom is 0.0546 e. The molecule has 2 unspecified atom stereocenters. The predicted molar refractivity (Wildman–Crippen MR) is 89.8 cm³/mol. The van der Waals surface area contributed by atoms with Crippen molar-refractivity contribution in [3.05, 3.63) is 0 Å². The first-order chi connectivity index (χ1) is 10.3. The smallest absolute Gasteiger partial charge is 0.0546 e. The second-order valence-corrected chi connectivity index (χ2v) is 7.24. The molecule has 0 aromatic rings. The molecule has 0 spiro atoms. The van der Waals surface area contributed by atoms with Gasteiger partial charge in [-0.3, -0.25) is 4.90 Å². The van der Waals surface area contributed by atoms with Crippen LogP contribution in [0.5, 0.6) is 0 Å². The summed E-state index contributed by atoms with van der Waals surface area (Å²) >= 11 is 0. The van der Waals surface area contributed by atoms with Crippen molar-refractivity contribution in [2.75, 3.05) is 39.4 Å². The van der Waals surface area contributed by atoms with Gasteiger partial charge in [0.05, 0.1) is 6.61 Å². The molecule has 0 saturated carbocycles.